The summed E-state index contributed by atoms with van der Waals surface area (Å²) in [6, 6.07) is 8.40. The normalized spacial score (nSPS) is 14.3. The van der Waals surface area contributed by atoms with Crippen molar-refractivity contribution in [3.63, 3.8) is 0 Å². The molecule has 4 rings (SSSR count). The first-order chi connectivity index (χ1) is 11.2. The van der Waals surface area contributed by atoms with Crippen LogP contribution in [0.3, 0.4) is 0 Å². The first kappa shape index (κ1) is 14.9. The molecule has 1 fully saturated rings. The third kappa shape index (κ3) is 3.18. The molecule has 3 aromatic rings. The van der Waals surface area contributed by atoms with Gasteiger partial charge in [-0.2, -0.15) is 4.98 Å². The van der Waals surface area contributed by atoms with Crippen LogP contribution in [-0.4, -0.2) is 24.9 Å². The fourth-order valence-electron chi connectivity index (χ4n) is 2.39. The average Bonchev–Trinajstić information content (AvgIpc) is 3.14. The zero-order valence-corrected chi connectivity index (χ0v) is 14.8. The van der Waals surface area contributed by atoms with Gasteiger partial charge in [0.15, 0.2) is 5.16 Å². The van der Waals surface area contributed by atoms with Crippen LogP contribution in [-0.2, 0) is 5.75 Å². The summed E-state index contributed by atoms with van der Waals surface area (Å²) in [4.78, 5) is 4.46. The molecule has 0 aliphatic heterocycles. The molecule has 0 spiro atoms. The first-order valence-corrected chi connectivity index (χ1v) is 9.11. The molecule has 2 aromatic heterocycles. The highest BCUT2D eigenvalue weighted by Crippen LogP contribution is 2.39. The van der Waals surface area contributed by atoms with E-state index in [4.69, 9.17) is 4.52 Å². The third-order valence-corrected chi connectivity index (χ3v) is 5.04. The maximum absolute atomic E-state index is 5.35. The van der Waals surface area contributed by atoms with Crippen LogP contribution in [0.2, 0.25) is 0 Å². The summed E-state index contributed by atoms with van der Waals surface area (Å²) in [6.07, 6.45) is 2.42. The van der Waals surface area contributed by atoms with Crippen LogP contribution in [0.1, 0.15) is 30.6 Å². The molecular formula is C15H14BrN5OS. The molecular weight excluding hydrogens is 378 g/mol. The quantitative estimate of drug-likeness (QED) is 0.611. The van der Waals surface area contributed by atoms with Gasteiger partial charge in [-0.05, 0) is 31.9 Å². The zero-order chi connectivity index (χ0) is 15.8. The van der Waals surface area contributed by atoms with Crippen LogP contribution in [0.5, 0.6) is 0 Å². The molecule has 0 amide bonds. The van der Waals surface area contributed by atoms with E-state index in [1.54, 1.807) is 11.8 Å². The smallest absolute Gasteiger partial charge is 0.237 e. The molecule has 0 saturated heterocycles. The minimum atomic E-state index is 0.562. The molecule has 0 radical (unpaired) electrons. The van der Waals surface area contributed by atoms with Gasteiger partial charge in [-0.3, -0.25) is 0 Å². The van der Waals surface area contributed by atoms with Crippen molar-refractivity contribution in [2.75, 3.05) is 0 Å². The summed E-state index contributed by atoms with van der Waals surface area (Å²) in [6.45, 7) is 1.99. The minimum Gasteiger partial charge on any atom is -0.338 e. The van der Waals surface area contributed by atoms with E-state index in [1.165, 1.54) is 12.8 Å². The Kier molecular flexibility index (Phi) is 3.94. The van der Waals surface area contributed by atoms with Crippen molar-refractivity contribution < 1.29 is 4.52 Å². The van der Waals surface area contributed by atoms with E-state index in [0.29, 0.717) is 23.5 Å². The van der Waals surface area contributed by atoms with Crippen LogP contribution in [0.15, 0.2) is 38.4 Å². The van der Waals surface area contributed by atoms with Gasteiger partial charge in [0.1, 0.15) is 5.82 Å². The van der Waals surface area contributed by atoms with Gasteiger partial charge < -0.3 is 9.09 Å². The molecule has 118 valence electrons. The van der Waals surface area contributed by atoms with Crippen LogP contribution in [0.4, 0.5) is 0 Å². The highest BCUT2D eigenvalue weighted by atomic mass is 79.9. The number of hydrogen-bond donors (Lipinski definition) is 0. The lowest BCUT2D eigenvalue weighted by Gasteiger charge is -2.04. The lowest BCUT2D eigenvalue weighted by atomic mass is 10.2. The largest absolute Gasteiger partial charge is 0.338 e. The van der Waals surface area contributed by atoms with Gasteiger partial charge in [-0.15, -0.1) is 10.2 Å². The van der Waals surface area contributed by atoms with Crippen molar-refractivity contribution >= 4 is 27.7 Å². The maximum atomic E-state index is 5.35. The second kappa shape index (κ2) is 6.09. The number of rotatable bonds is 5. The van der Waals surface area contributed by atoms with E-state index in [0.717, 1.165) is 21.0 Å². The van der Waals surface area contributed by atoms with Crippen LogP contribution in [0, 0.1) is 6.92 Å². The summed E-state index contributed by atoms with van der Waals surface area (Å²) in [5.74, 6) is 2.75. The molecule has 0 atom stereocenters. The van der Waals surface area contributed by atoms with Gasteiger partial charge in [0.2, 0.25) is 11.7 Å². The Hall–Kier alpha value is -1.67. The van der Waals surface area contributed by atoms with E-state index in [-0.39, 0.29) is 0 Å². The number of nitrogens with zero attached hydrogens (tertiary/aromatic N) is 5. The number of benzene rings is 1. The standard InChI is InChI=1S/C15H14BrN5OS/c1-9-18-19-15(21(9)12-5-6-12)23-8-13-17-14(20-22-13)10-3-2-4-11(16)7-10/h2-4,7,12H,5-6,8H2,1H3. The Morgan fingerprint density at radius 3 is 3.00 bits per heavy atom. The molecule has 1 saturated carbocycles. The lowest BCUT2D eigenvalue weighted by molar-refractivity contribution is 0.391. The molecule has 6 nitrogen and oxygen atoms in total. The van der Waals surface area contributed by atoms with Crippen molar-refractivity contribution in [3.05, 3.63) is 40.5 Å². The van der Waals surface area contributed by atoms with Crippen LogP contribution >= 0.6 is 27.7 Å². The van der Waals surface area contributed by atoms with Gasteiger partial charge in [-0.1, -0.05) is 45.0 Å². The lowest BCUT2D eigenvalue weighted by Crippen LogP contribution is -1.99. The highest BCUT2D eigenvalue weighted by Gasteiger charge is 2.28. The summed E-state index contributed by atoms with van der Waals surface area (Å²) >= 11 is 5.03. The van der Waals surface area contributed by atoms with E-state index in [1.807, 2.05) is 31.2 Å². The van der Waals surface area contributed by atoms with Crippen molar-refractivity contribution in [1.82, 2.24) is 24.9 Å². The summed E-state index contributed by atoms with van der Waals surface area (Å²) < 4.78 is 8.54. The van der Waals surface area contributed by atoms with Crippen molar-refractivity contribution in [3.8, 4) is 11.4 Å². The Morgan fingerprint density at radius 1 is 1.35 bits per heavy atom. The maximum Gasteiger partial charge on any atom is 0.237 e. The molecule has 1 aliphatic carbocycles. The molecule has 2 heterocycles. The third-order valence-electron chi connectivity index (χ3n) is 3.62. The Bertz CT molecular complexity index is 842. The topological polar surface area (TPSA) is 69.6 Å². The molecule has 0 unspecified atom stereocenters. The number of aryl methyl sites for hydroxylation is 1. The molecule has 8 heteroatoms. The Morgan fingerprint density at radius 2 is 2.22 bits per heavy atom. The van der Waals surface area contributed by atoms with Gasteiger partial charge in [0.05, 0.1) is 5.75 Å². The van der Waals surface area contributed by atoms with Gasteiger partial charge in [0, 0.05) is 16.1 Å². The molecule has 0 bridgehead atoms. The Balaban J connectivity index is 1.48. The van der Waals surface area contributed by atoms with Crippen molar-refractivity contribution in [2.24, 2.45) is 0 Å². The number of aromatic nitrogens is 5. The molecule has 1 aromatic carbocycles. The molecule has 0 N–H and O–H groups in total. The highest BCUT2D eigenvalue weighted by molar-refractivity contribution is 9.10. The summed E-state index contributed by atoms with van der Waals surface area (Å²) in [5, 5.41) is 13.4. The first-order valence-electron chi connectivity index (χ1n) is 7.33. The number of thioether (sulfide) groups is 1. The second-order valence-electron chi connectivity index (χ2n) is 5.44. The second-order valence-corrected chi connectivity index (χ2v) is 7.30. The van der Waals surface area contributed by atoms with E-state index in [9.17, 15) is 0 Å². The van der Waals surface area contributed by atoms with Gasteiger partial charge in [-0.25, -0.2) is 0 Å². The van der Waals surface area contributed by atoms with Crippen molar-refractivity contribution in [2.45, 2.75) is 36.7 Å². The molecule has 1 aliphatic rings. The summed E-state index contributed by atoms with van der Waals surface area (Å²) in [7, 11) is 0. The average molecular weight is 392 g/mol. The van der Waals surface area contributed by atoms with Crippen LogP contribution in [0.25, 0.3) is 11.4 Å². The van der Waals surface area contributed by atoms with E-state index >= 15 is 0 Å². The number of halogens is 1. The predicted molar refractivity (Wildman–Crippen MR) is 90.0 cm³/mol. The predicted octanol–water partition coefficient (Wildman–Crippen LogP) is 4.03. The summed E-state index contributed by atoms with van der Waals surface area (Å²) in [5.41, 5.74) is 0.927. The zero-order valence-electron chi connectivity index (χ0n) is 12.4. The fraction of sp³-hybridized carbons (Fsp3) is 0.333. The van der Waals surface area contributed by atoms with Gasteiger partial charge >= 0.3 is 0 Å². The minimum absolute atomic E-state index is 0.562. The number of hydrogen-bond acceptors (Lipinski definition) is 6. The molecule has 23 heavy (non-hydrogen) atoms. The SMILES string of the molecule is Cc1nnc(SCc2nc(-c3cccc(Br)c3)no2)n1C1CC1. The van der Waals surface area contributed by atoms with Crippen LogP contribution < -0.4 is 0 Å². The van der Waals surface area contributed by atoms with Crippen molar-refractivity contribution in [1.29, 1.82) is 0 Å². The fourth-order valence-corrected chi connectivity index (χ4v) is 3.67. The Labute approximate surface area is 145 Å². The van der Waals surface area contributed by atoms with E-state index in [2.05, 4.69) is 40.8 Å². The van der Waals surface area contributed by atoms with E-state index < -0.39 is 0 Å². The monoisotopic (exact) mass is 391 g/mol. The van der Waals surface area contributed by atoms with Gasteiger partial charge in [0.25, 0.3) is 0 Å².